The molecule has 12 nitrogen and oxygen atoms in total. The molecular weight excluding hydrogens is 614 g/mol. The summed E-state index contributed by atoms with van der Waals surface area (Å²) in [5, 5.41) is 12.5. The number of nitrogens with one attached hydrogen (secondary N) is 1. The Morgan fingerprint density at radius 1 is 1.17 bits per heavy atom. The molecule has 3 atom stereocenters. The van der Waals surface area contributed by atoms with Crippen LogP contribution in [-0.4, -0.2) is 74.1 Å². The molecule has 3 aromatic heterocycles. The van der Waals surface area contributed by atoms with Crippen molar-refractivity contribution >= 4 is 28.5 Å². The molecule has 1 saturated heterocycles. The number of anilines is 1. The molecule has 4 aromatic rings. The van der Waals surface area contributed by atoms with Crippen molar-refractivity contribution in [2.75, 3.05) is 24.7 Å². The van der Waals surface area contributed by atoms with Gasteiger partial charge in [0.25, 0.3) is 11.5 Å². The molecule has 2 N–H and O–H groups in total. The van der Waals surface area contributed by atoms with E-state index in [0.29, 0.717) is 36.5 Å². The third-order valence-corrected chi connectivity index (χ3v) is 7.81. The number of amides is 1. The third kappa shape index (κ3) is 7.54. The number of hydrogen-bond donors (Lipinski definition) is 2. The van der Waals surface area contributed by atoms with Crippen LogP contribution in [0.25, 0.3) is 16.7 Å². The van der Waals surface area contributed by atoms with Crippen molar-refractivity contribution in [3.05, 3.63) is 92.3 Å². The van der Waals surface area contributed by atoms with Crippen LogP contribution in [0.5, 0.6) is 0 Å². The van der Waals surface area contributed by atoms with Gasteiger partial charge in [0.15, 0.2) is 0 Å². The van der Waals surface area contributed by atoms with Gasteiger partial charge < -0.3 is 20.1 Å². The van der Waals surface area contributed by atoms with E-state index in [-0.39, 0.29) is 41.2 Å². The summed E-state index contributed by atoms with van der Waals surface area (Å²) >= 11 is 0. The smallest absolute Gasteiger partial charge is 0.337 e. The van der Waals surface area contributed by atoms with Crippen molar-refractivity contribution in [1.82, 2.24) is 24.4 Å². The predicted octanol–water partition coefficient (Wildman–Crippen LogP) is 3.33. The summed E-state index contributed by atoms with van der Waals surface area (Å²) in [6.07, 6.45) is 3.06. The number of alkyl halides is 1. The van der Waals surface area contributed by atoms with Crippen LogP contribution in [0.2, 0.25) is 0 Å². The van der Waals surface area contributed by atoms with Crippen molar-refractivity contribution in [3.8, 4) is 5.82 Å². The second-order valence-corrected chi connectivity index (χ2v) is 11.0. The Morgan fingerprint density at radius 2 is 1.91 bits per heavy atom. The maximum atomic E-state index is 15.4. The van der Waals surface area contributed by atoms with Crippen molar-refractivity contribution in [2.24, 2.45) is 7.05 Å². The molecule has 1 fully saturated rings. The topological polar surface area (TPSA) is 149 Å². The first-order valence-corrected chi connectivity index (χ1v) is 15.3. The molecule has 0 aliphatic carbocycles. The van der Waals surface area contributed by atoms with Crippen LogP contribution in [0.4, 0.5) is 14.5 Å². The first-order valence-electron chi connectivity index (χ1n) is 15.3. The van der Waals surface area contributed by atoms with E-state index in [1.165, 1.54) is 61.4 Å². The Hall–Kier alpha value is -4.98. The lowest BCUT2D eigenvalue weighted by Gasteiger charge is -2.38. The number of halogens is 2. The molecule has 14 heteroatoms. The fourth-order valence-electron chi connectivity index (χ4n) is 5.58. The molecule has 5 rings (SSSR count). The van der Waals surface area contributed by atoms with Crippen LogP contribution in [0.3, 0.4) is 0 Å². The summed E-state index contributed by atoms with van der Waals surface area (Å²) in [5.41, 5.74) is -0.0172. The van der Waals surface area contributed by atoms with E-state index in [0.717, 1.165) is 4.57 Å². The molecule has 250 valence electrons. The summed E-state index contributed by atoms with van der Waals surface area (Å²) in [6, 6.07) is 5.45. The average molecular weight is 653 g/mol. The van der Waals surface area contributed by atoms with Gasteiger partial charge in [0, 0.05) is 44.5 Å². The van der Waals surface area contributed by atoms with Crippen LogP contribution in [0.1, 0.15) is 48.7 Å². The van der Waals surface area contributed by atoms with Gasteiger partial charge in [-0.25, -0.2) is 27.9 Å². The van der Waals surface area contributed by atoms with Gasteiger partial charge in [-0.05, 0) is 49.2 Å². The van der Waals surface area contributed by atoms with Crippen LogP contribution in [0.15, 0.2) is 58.5 Å². The van der Waals surface area contributed by atoms with Gasteiger partial charge in [0.1, 0.15) is 17.7 Å². The van der Waals surface area contributed by atoms with Gasteiger partial charge in [-0.3, -0.25) is 19.1 Å². The molecule has 1 amide bonds. The Morgan fingerprint density at radius 3 is 2.55 bits per heavy atom. The maximum Gasteiger partial charge on any atom is 0.337 e. The Labute approximate surface area is 269 Å². The number of carbonyl (C=O) groups is 2. The number of rotatable bonds is 9. The minimum atomic E-state index is -1.44. The maximum absolute atomic E-state index is 15.4. The highest BCUT2D eigenvalue weighted by atomic mass is 19.1. The number of carbonyl (C=O) groups excluding carboxylic acids is 1. The zero-order valence-corrected chi connectivity index (χ0v) is 26.9. The van der Waals surface area contributed by atoms with Crippen molar-refractivity contribution in [2.45, 2.75) is 58.8 Å². The zero-order valence-electron chi connectivity index (χ0n) is 26.9. The second kappa shape index (κ2) is 15.1. The average Bonchev–Trinajstić information content (AvgIpc) is 3.04. The molecule has 1 aromatic carbocycles. The third-order valence-electron chi connectivity index (χ3n) is 7.81. The van der Waals surface area contributed by atoms with E-state index in [9.17, 15) is 28.7 Å². The summed E-state index contributed by atoms with van der Waals surface area (Å²) in [4.78, 5) is 61.2. The first-order chi connectivity index (χ1) is 22.5. The molecule has 0 bridgehead atoms. The predicted molar refractivity (Wildman–Crippen MR) is 173 cm³/mol. The summed E-state index contributed by atoms with van der Waals surface area (Å²) < 4.78 is 36.8. The molecule has 4 heterocycles. The summed E-state index contributed by atoms with van der Waals surface area (Å²) in [7, 11) is 1.50. The molecule has 0 radical (unpaired) electrons. The fourth-order valence-corrected chi connectivity index (χ4v) is 5.58. The Balaban J connectivity index is 0.00000245. The molecule has 1 unspecified atom stereocenters. The molecule has 0 spiro atoms. The Bertz CT molecular complexity index is 1850. The number of morpholine rings is 1. The van der Waals surface area contributed by atoms with Crippen molar-refractivity contribution < 1.29 is 28.2 Å². The molecule has 1 aliphatic rings. The van der Waals surface area contributed by atoms with Gasteiger partial charge in [-0.1, -0.05) is 19.9 Å². The van der Waals surface area contributed by atoms with Crippen LogP contribution < -0.4 is 21.5 Å². The van der Waals surface area contributed by atoms with Crippen LogP contribution in [-0.2, 0) is 23.0 Å². The monoisotopic (exact) mass is 652 g/mol. The number of nitrogens with zero attached hydrogens (tertiary/aromatic N) is 5. The first kappa shape index (κ1) is 34.9. The van der Waals surface area contributed by atoms with E-state index in [4.69, 9.17) is 4.74 Å². The highest BCUT2D eigenvalue weighted by Gasteiger charge is 2.29. The largest absolute Gasteiger partial charge is 0.480 e. The molecule has 0 saturated carbocycles. The number of fused-ring (bicyclic) bond motifs is 1. The second-order valence-electron chi connectivity index (χ2n) is 11.0. The number of ether oxygens (including phenoxy) is 1. The minimum Gasteiger partial charge on any atom is -0.480 e. The van der Waals surface area contributed by atoms with E-state index in [2.05, 4.69) is 15.3 Å². The lowest BCUT2D eigenvalue weighted by molar-refractivity contribution is -0.139. The molecular formula is C33H38F2N6O6. The SMILES string of the molecule is CC.Cc1cc(N2CCOC[C@H]2CC(C)F)cc(F)c1C(=O)N[C@@H](Cc1ccc(-n2c(=O)c3ccncc3n(C)c2=O)nc1)C(=O)O. The number of aliphatic carboxylic acids is 1. The van der Waals surface area contributed by atoms with Gasteiger partial charge >= 0.3 is 11.7 Å². The quantitative estimate of drug-likeness (QED) is 0.278. The van der Waals surface area contributed by atoms with E-state index >= 15 is 4.39 Å². The number of aryl methyl sites for hydroxylation is 2. The number of carboxylic acid groups (broad SMARTS) is 1. The van der Waals surface area contributed by atoms with Crippen LogP contribution in [0, 0.1) is 12.7 Å². The fraction of sp³-hybridized carbons (Fsp3) is 0.394. The van der Waals surface area contributed by atoms with Crippen molar-refractivity contribution in [1.29, 1.82) is 0 Å². The van der Waals surface area contributed by atoms with Gasteiger partial charge in [-0.2, -0.15) is 0 Å². The van der Waals surface area contributed by atoms with E-state index < -0.39 is 41.2 Å². The minimum absolute atomic E-state index is 0.0280. The lowest BCUT2D eigenvalue weighted by Crippen LogP contribution is -2.46. The standard InChI is InChI=1S/C31H32F2N6O6.C2H6/c1-17-10-20(38-8-9-45-16-21(38)11-18(2)32)13-23(33)27(17)28(40)36-24(30(42)43)12-19-4-5-26(35-14-19)39-29(41)22-6-7-34-15-25(22)37(3)31(39)44;1-2/h4-7,10,13-15,18,21,24H,8-9,11-12,16H2,1-3H3,(H,36,40)(H,42,43);1-2H3/t18?,21-,24+;/m1./s1. The molecule has 47 heavy (non-hydrogen) atoms. The van der Waals surface area contributed by atoms with E-state index in [1.54, 1.807) is 13.0 Å². The number of hydrogen-bond acceptors (Lipinski definition) is 8. The Kier molecular flexibility index (Phi) is 11.2. The highest BCUT2D eigenvalue weighted by Crippen LogP contribution is 2.27. The van der Waals surface area contributed by atoms with Gasteiger partial charge in [0.2, 0.25) is 0 Å². The number of pyridine rings is 2. The summed E-state index contributed by atoms with van der Waals surface area (Å²) in [5.74, 6) is -3.08. The zero-order chi connectivity index (χ0) is 34.4. The number of benzene rings is 1. The van der Waals surface area contributed by atoms with Crippen LogP contribution >= 0.6 is 0 Å². The van der Waals surface area contributed by atoms with Gasteiger partial charge in [0.05, 0.1) is 48.1 Å². The highest BCUT2D eigenvalue weighted by molar-refractivity contribution is 5.98. The van der Waals surface area contributed by atoms with E-state index in [1.807, 2.05) is 18.7 Å². The normalized spacial score (nSPS) is 15.8. The molecule has 1 aliphatic heterocycles. The number of aromatic nitrogens is 4. The lowest BCUT2D eigenvalue weighted by atomic mass is 10.0. The van der Waals surface area contributed by atoms with Gasteiger partial charge in [-0.15, -0.1) is 0 Å². The number of carboxylic acids is 1. The summed E-state index contributed by atoms with van der Waals surface area (Å²) in [6.45, 7) is 8.10. The van der Waals surface area contributed by atoms with Crippen molar-refractivity contribution in [3.63, 3.8) is 0 Å².